The Bertz CT molecular complexity index is 2040. The fraction of sp³-hybridized carbons (Fsp3) is 0. The minimum absolute atomic E-state index is 0.284. The zero-order valence-corrected chi connectivity index (χ0v) is 24.8. The number of fused-ring (bicyclic) bond motifs is 4. The van der Waals surface area contributed by atoms with Gasteiger partial charge >= 0.3 is 0 Å². The maximum absolute atomic E-state index is 13.4. The third kappa shape index (κ3) is 3.85. The highest BCUT2D eigenvalue weighted by Gasteiger charge is 2.35. The third-order valence-electron chi connectivity index (χ3n) is 8.17. The molecule has 44 heavy (non-hydrogen) atoms. The highest BCUT2D eigenvalue weighted by Crippen LogP contribution is 2.49. The lowest BCUT2D eigenvalue weighted by molar-refractivity contribution is 0.593. The Hall–Kier alpha value is -5.18. The number of para-hydroxylation sites is 4. The van der Waals surface area contributed by atoms with Gasteiger partial charge in [0, 0.05) is 11.4 Å². The standard InChI is InChI=1S/C36H24N2O4S2/c39-43(40)33-13-5-1-9-29(33)37(30-10-2-6-14-34(30)43)27-21-17-25(18-22-27)26-19-23-28(24-20-26)38-31-11-3-7-15-35(31)44(41,42)36-16-8-4-12-32(36)38/h1-24H. The third-order valence-corrected chi connectivity index (χ3v) is 11.9. The van der Waals surface area contributed by atoms with Gasteiger partial charge in [0.25, 0.3) is 0 Å². The van der Waals surface area contributed by atoms with E-state index >= 15 is 0 Å². The average Bonchev–Trinajstić information content (AvgIpc) is 3.06. The van der Waals surface area contributed by atoms with Crippen LogP contribution in [0.3, 0.4) is 0 Å². The molecule has 0 spiro atoms. The molecule has 214 valence electrons. The van der Waals surface area contributed by atoms with Crippen molar-refractivity contribution < 1.29 is 16.8 Å². The molecular formula is C36H24N2O4S2. The van der Waals surface area contributed by atoms with E-state index in [1.165, 1.54) is 0 Å². The summed E-state index contributed by atoms with van der Waals surface area (Å²) < 4.78 is 53.4. The van der Waals surface area contributed by atoms with E-state index in [1.54, 1.807) is 48.5 Å². The van der Waals surface area contributed by atoms with E-state index in [0.29, 0.717) is 22.7 Å². The Balaban J connectivity index is 1.16. The van der Waals surface area contributed by atoms with Crippen molar-refractivity contribution in [3.63, 3.8) is 0 Å². The first-order valence-electron chi connectivity index (χ1n) is 14.0. The molecule has 0 saturated heterocycles. The van der Waals surface area contributed by atoms with Gasteiger partial charge in [-0.05, 0) is 83.9 Å². The zero-order chi connectivity index (χ0) is 30.1. The molecular weight excluding hydrogens is 589 g/mol. The van der Waals surface area contributed by atoms with Crippen molar-refractivity contribution in [3.05, 3.63) is 146 Å². The van der Waals surface area contributed by atoms with Gasteiger partial charge in [-0.15, -0.1) is 0 Å². The highest BCUT2D eigenvalue weighted by molar-refractivity contribution is 7.92. The molecule has 0 aliphatic carbocycles. The van der Waals surface area contributed by atoms with Crippen LogP contribution < -0.4 is 9.80 Å². The Morgan fingerprint density at radius 3 is 0.841 bits per heavy atom. The van der Waals surface area contributed by atoms with Gasteiger partial charge in [0.1, 0.15) is 0 Å². The summed E-state index contributed by atoms with van der Waals surface area (Å²) in [5.74, 6) is 0. The zero-order valence-electron chi connectivity index (χ0n) is 23.2. The second kappa shape index (κ2) is 9.67. The topological polar surface area (TPSA) is 74.8 Å². The second-order valence-corrected chi connectivity index (χ2v) is 14.4. The van der Waals surface area contributed by atoms with E-state index in [1.807, 2.05) is 107 Å². The quantitative estimate of drug-likeness (QED) is 0.199. The summed E-state index contributed by atoms with van der Waals surface area (Å²) >= 11 is 0. The van der Waals surface area contributed by atoms with Gasteiger partial charge in [-0.2, -0.15) is 0 Å². The molecule has 2 heterocycles. The molecule has 0 aromatic heterocycles. The minimum Gasteiger partial charge on any atom is -0.308 e. The van der Waals surface area contributed by atoms with Gasteiger partial charge in [0.15, 0.2) is 0 Å². The summed E-state index contributed by atoms with van der Waals surface area (Å²) in [4.78, 5) is 5.11. The van der Waals surface area contributed by atoms with E-state index in [9.17, 15) is 16.8 Å². The van der Waals surface area contributed by atoms with Crippen LogP contribution in [0.5, 0.6) is 0 Å². The molecule has 0 atom stereocenters. The Morgan fingerprint density at radius 2 is 0.568 bits per heavy atom. The van der Waals surface area contributed by atoms with Crippen molar-refractivity contribution in [2.24, 2.45) is 0 Å². The second-order valence-electron chi connectivity index (χ2n) is 10.6. The van der Waals surface area contributed by atoms with E-state index in [4.69, 9.17) is 0 Å². The molecule has 2 aliphatic rings. The lowest BCUT2D eigenvalue weighted by atomic mass is 10.0. The number of hydrogen-bond acceptors (Lipinski definition) is 6. The summed E-state index contributed by atoms with van der Waals surface area (Å²) in [5, 5.41) is 0. The number of rotatable bonds is 3. The van der Waals surface area contributed by atoms with Crippen LogP contribution in [-0.4, -0.2) is 16.8 Å². The van der Waals surface area contributed by atoms with E-state index in [0.717, 1.165) is 22.5 Å². The molecule has 0 amide bonds. The molecule has 6 aromatic carbocycles. The van der Waals surface area contributed by atoms with Crippen LogP contribution in [0.15, 0.2) is 165 Å². The maximum atomic E-state index is 13.4. The van der Waals surface area contributed by atoms with Crippen molar-refractivity contribution in [1.82, 2.24) is 0 Å². The Labute approximate surface area is 255 Å². The number of hydrogen-bond donors (Lipinski definition) is 0. The van der Waals surface area contributed by atoms with Crippen molar-refractivity contribution in [2.75, 3.05) is 9.80 Å². The van der Waals surface area contributed by atoms with Crippen LogP contribution in [0.25, 0.3) is 11.1 Å². The SMILES string of the molecule is O=S1(=O)c2ccccc2N(c2ccc(-c3ccc(N4c5ccccc5S(=O)(=O)c5ccccc54)cc3)cc2)c2ccccc21. The number of anilines is 6. The molecule has 0 fully saturated rings. The first-order valence-corrected chi connectivity index (χ1v) is 17.0. The van der Waals surface area contributed by atoms with Crippen molar-refractivity contribution >= 4 is 53.8 Å². The molecule has 0 bridgehead atoms. The Kier molecular flexibility index (Phi) is 5.81. The number of nitrogens with zero attached hydrogens (tertiary/aromatic N) is 2. The first kappa shape index (κ1) is 26.4. The minimum atomic E-state index is -3.63. The Morgan fingerprint density at radius 1 is 0.318 bits per heavy atom. The van der Waals surface area contributed by atoms with E-state index in [2.05, 4.69) is 0 Å². The van der Waals surface area contributed by atoms with E-state index < -0.39 is 19.7 Å². The van der Waals surface area contributed by atoms with Gasteiger partial charge < -0.3 is 9.80 Å². The molecule has 8 heteroatoms. The smallest absolute Gasteiger partial charge is 0.210 e. The number of sulfone groups is 2. The monoisotopic (exact) mass is 612 g/mol. The predicted octanol–water partition coefficient (Wildman–Crippen LogP) is 8.59. The van der Waals surface area contributed by atoms with Gasteiger partial charge in [-0.25, -0.2) is 16.8 Å². The number of benzene rings is 6. The highest BCUT2D eigenvalue weighted by atomic mass is 32.2. The van der Waals surface area contributed by atoms with Crippen LogP contribution >= 0.6 is 0 Å². The largest absolute Gasteiger partial charge is 0.308 e. The molecule has 6 nitrogen and oxygen atoms in total. The fourth-order valence-electron chi connectivity index (χ4n) is 6.14. The molecule has 6 aromatic rings. The summed E-state index contributed by atoms with van der Waals surface area (Å²) in [6.45, 7) is 0. The van der Waals surface area contributed by atoms with Crippen molar-refractivity contribution in [2.45, 2.75) is 19.6 Å². The summed E-state index contributed by atoms with van der Waals surface area (Å²) in [6.07, 6.45) is 0. The average molecular weight is 613 g/mol. The molecule has 0 radical (unpaired) electrons. The summed E-state index contributed by atoms with van der Waals surface area (Å²) in [5.41, 5.74) is 6.16. The molecule has 2 aliphatic heterocycles. The van der Waals surface area contributed by atoms with Crippen LogP contribution in [-0.2, 0) is 19.7 Å². The van der Waals surface area contributed by atoms with Crippen molar-refractivity contribution in [3.8, 4) is 11.1 Å². The molecule has 0 saturated carbocycles. The van der Waals surface area contributed by atoms with Crippen LogP contribution in [0, 0.1) is 0 Å². The lowest BCUT2D eigenvalue weighted by Crippen LogP contribution is -2.22. The van der Waals surface area contributed by atoms with Gasteiger partial charge in [0.2, 0.25) is 19.7 Å². The van der Waals surface area contributed by atoms with E-state index in [-0.39, 0.29) is 19.6 Å². The van der Waals surface area contributed by atoms with Crippen LogP contribution in [0.1, 0.15) is 0 Å². The van der Waals surface area contributed by atoms with Crippen LogP contribution in [0.4, 0.5) is 34.1 Å². The van der Waals surface area contributed by atoms with Gasteiger partial charge in [-0.3, -0.25) is 0 Å². The van der Waals surface area contributed by atoms with Gasteiger partial charge in [0.05, 0.1) is 42.3 Å². The predicted molar refractivity (Wildman–Crippen MR) is 172 cm³/mol. The summed E-state index contributed by atoms with van der Waals surface area (Å²) in [7, 11) is -7.26. The maximum Gasteiger partial charge on any atom is 0.210 e. The lowest BCUT2D eigenvalue weighted by Gasteiger charge is -2.33. The van der Waals surface area contributed by atoms with Crippen LogP contribution in [0.2, 0.25) is 0 Å². The van der Waals surface area contributed by atoms with Gasteiger partial charge in [-0.1, -0.05) is 72.8 Å². The molecule has 0 unspecified atom stereocenters. The molecule has 8 rings (SSSR count). The first-order chi connectivity index (χ1) is 21.4. The molecule has 0 N–H and O–H groups in total. The fourth-order valence-corrected chi connectivity index (χ4v) is 9.38. The van der Waals surface area contributed by atoms with Crippen molar-refractivity contribution in [1.29, 1.82) is 0 Å². The summed E-state index contributed by atoms with van der Waals surface area (Å²) in [6, 6.07) is 44.4. The normalized spacial score (nSPS) is 15.5.